The third-order valence-corrected chi connectivity index (χ3v) is 3.64. The van der Waals surface area contributed by atoms with Gasteiger partial charge in [-0.25, -0.2) is 0 Å². The fraction of sp³-hybridized carbons (Fsp3) is 0.462. The fourth-order valence-corrected chi connectivity index (χ4v) is 2.18. The van der Waals surface area contributed by atoms with Crippen molar-refractivity contribution in [1.29, 1.82) is 0 Å². The van der Waals surface area contributed by atoms with Crippen LogP contribution in [0.5, 0.6) is 0 Å². The standard InChI is InChI=1S/C13H19NO3S/c1-3-5-9-12(4-2)14-17-18(15,16)13-10-7-6-8-11-13/h6-8,10-11H,3-5,9H2,1-2H3/b14-12+. The molecular formula is C13H19NO3S. The Kier molecular flexibility index (Phi) is 5.85. The molecule has 0 amide bonds. The molecule has 5 heteroatoms. The topological polar surface area (TPSA) is 55.7 Å². The molecule has 0 heterocycles. The zero-order chi connectivity index (χ0) is 13.4. The monoisotopic (exact) mass is 269 g/mol. The molecule has 100 valence electrons. The molecule has 1 aromatic rings. The van der Waals surface area contributed by atoms with Crippen LogP contribution in [0.15, 0.2) is 40.4 Å². The first-order valence-corrected chi connectivity index (χ1v) is 7.55. The van der Waals surface area contributed by atoms with Crippen LogP contribution < -0.4 is 0 Å². The molecule has 4 nitrogen and oxygen atoms in total. The summed E-state index contributed by atoms with van der Waals surface area (Å²) in [5.74, 6) is 0. The SMILES string of the molecule is CCCC/C(CC)=N/OS(=O)(=O)c1ccccc1. The van der Waals surface area contributed by atoms with Crippen molar-refractivity contribution in [3.8, 4) is 0 Å². The lowest BCUT2D eigenvalue weighted by Crippen LogP contribution is -2.05. The molecule has 0 saturated carbocycles. The Labute approximate surface area is 109 Å². The summed E-state index contributed by atoms with van der Waals surface area (Å²) >= 11 is 0. The summed E-state index contributed by atoms with van der Waals surface area (Å²) in [5.41, 5.74) is 0.774. The Morgan fingerprint density at radius 3 is 2.44 bits per heavy atom. The van der Waals surface area contributed by atoms with Crippen molar-refractivity contribution < 1.29 is 12.7 Å². The van der Waals surface area contributed by atoms with Crippen LogP contribution in [0.2, 0.25) is 0 Å². The van der Waals surface area contributed by atoms with E-state index < -0.39 is 10.1 Å². The maximum absolute atomic E-state index is 11.8. The quantitative estimate of drug-likeness (QED) is 0.563. The number of oxime groups is 1. The molecule has 0 N–H and O–H groups in total. The second-order valence-corrected chi connectivity index (χ2v) is 5.49. The van der Waals surface area contributed by atoms with Crippen molar-refractivity contribution >= 4 is 15.8 Å². The average Bonchev–Trinajstić information content (AvgIpc) is 2.40. The summed E-state index contributed by atoms with van der Waals surface area (Å²) in [4.78, 5) is 0.125. The van der Waals surface area contributed by atoms with Crippen LogP contribution in [0.4, 0.5) is 0 Å². The molecular weight excluding hydrogens is 250 g/mol. The summed E-state index contributed by atoms with van der Waals surface area (Å²) in [6.07, 6.45) is 3.51. The number of benzene rings is 1. The molecule has 0 unspecified atom stereocenters. The van der Waals surface area contributed by atoms with Crippen LogP contribution in [-0.2, 0) is 14.4 Å². The summed E-state index contributed by atoms with van der Waals surface area (Å²) in [6.45, 7) is 4.02. The first-order valence-electron chi connectivity index (χ1n) is 6.14. The van der Waals surface area contributed by atoms with Gasteiger partial charge in [-0.15, -0.1) is 0 Å². The first-order chi connectivity index (χ1) is 8.60. The summed E-state index contributed by atoms with van der Waals surface area (Å²) < 4.78 is 28.3. The molecule has 0 spiro atoms. The van der Waals surface area contributed by atoms with Crippen molar-refractivity contribution in [2.45, 2.75) is 44.4 Å². The van der Waals surface area contributed by atoms with Crippen LogP contribution >= 0.6 is 0 Å². The lowest BCUT2D eigenvalue weighted by molar-refractivity contribution is 0.336. The molecule has 0 fully saturated rings. The number of rotatable bonds is 7. The van der Waals surface area contributed by atoms with Gasteiger partial charge in [-0.05, 0) is 31.4 Å². The minimum absolute atomic E-state index is 0.125. The lowest BCUT2D eigenvalue weighted by Gasteiger charge is -2.04. The van der Waals surface area contributed by atoms with E-state index in [1.165, 1.54) is 12.1 Å². The minimum atomic E-state index is -3.78. The second-order valence-electron chi connectivity index (χ2n) is 3.96. The Morgan fingerprint density at radius 1 is 1.22 bits per heavy atom. The molecule has 0 aliphatic carbocycles. The Morgan fingerprint density at radius 2 is 1.89 bits per heavy atom. The highest BCUT2D eigenvalue weighted by Crippen LogP contribution is 2.12. The van der Waals surface area contributed by atoms with E-state index in [4.69, 9.17) is 4.28 Å². The highest BCUT2D eigenvalue weighted by Gasteiger charge is 2.15. The zero-order valence-electron chi connectivity index (χ0n) is 10.8. The fourth-order valence-electron chi connectivity index (χ4n) is 1.40. The van der Waals surface area contributed by atoms with Crippen molar-refractivity contribution in [3.63, 3.8) is 0 Å². The normalized spacial score (nSPS) is 12.4. The zero-order valence-corrected chi connectivity index (χ0v) is 11.6. The maximum Gasteiger partial charge on any atom is 0.358 e. The molecule has 0 saturated heterocycles. The van der Waals surface area contributed by atoms with Crippen LogP contribution in [-0.4, -0.2) is 14.1 Å². The molecule has 0 aliphatic heterocycles. The Bertz CT molecular complexity index is 480. The first kappa shape index (κ1) is 14.7. The van der Waals surface area contributed by atoms with Crippen molar-refractivity contribution in [2.75, 3.05) is 0 Å². The van der Waals surface area contributed by atoms with Gasteiger partial charge in [0.25, 0.3) is 0 Å². The van der Waals surface area contributed by atoms with Crippen LogP contribution in [0, 0.1) is 0 Å². The largest absolute Gasteiger partial charge is 0.358 e. The van der Waals surface area contributed by atoms with Gasteiger partial charge in [0.1, 0.15) is 4.90 Å². The molecule has 18 heavy (non-hydrogen) atoms. The molecule has 0 atom stereocenters. The lowest BCUT2D eigenvalue weighted by atomic mass is 10.1. The van der Waals surface area contributed by atoms with E-state index in [2.05, 4.69) is 12.1 Å². The van der Waals surface area contributed by atoms with E-state index in [0.717, 1.165) is 25.0 Å². The number of unbranched alkanes of at least 4 members (excludes halogenated alkanes) is 1. The van der Waals surface area contributed by atoms with Gasteiger partial charge < -0.3 is 0 Å². The smallest absolute Gasteiger partial charge is 0.265 e. The van der Waals surface area contributed by atoms with E-state index in [0.29, 0.717) is 6.42 Å². The van der Waals surface area contributed by atoms with E-state index >= 15 is 0 Å². The van der Waals surface area contributed by atoms with Crippen molar-refractivity contribution in [2.24, 2.45) is 5.16 Å². The highest BCUT2D eigenvalue weighted by molar-refractivity contribution is 7.86. The highest BCUT2D eigenvalue weighted by atomic mass is 32.2. The molecule has 1 aromatic carbocycles. The second kappa shape index (κ2) is 7.16. The predicted octanol–water partition coefficient (Wildman–Crippen LogP) is 3.35. The number of hydrogen-bond acceptors (Lipinski definition) is 4. The summed E-state index contributed by atoms with van der Waals surface area (Å²) in [6, 6.07) is 8.03. The van der Waals surface area contributed by atoms with Gasteiger partial charge in [-0.1, -0.05) is 43.6 Å². The third-order valence-electron chi connectivity index (χ3n) is 2.52. The molecule has 0 aromatic heterocycles. The van der Waals surface area contributed by atoms with E-state index in [-0.39, 0.29) is 4.90 Å². The van der Waals surface area contributed by atoms with Crippen LogP contribution in [0.25, 0.3) is 0 Å². The van der Waals surface area contributed by atoms with Gasteiger partial charge >= 0.3 is 10.1 Å². The molecule has 0 aliphatic rings. The van der Waals surface area contributed by atoms with Crippen molar-refractivity contribution in [3.05, 3.63) is 30.3 Å². The summed E-state index contributed by atoms with van der Waals surface area (Å²) in [5, 5.41) is 3.76. The Hall–Kier alpha value is -1.36. The van der Waals surface area contributed by atoms with Crippen LogP contribution in [0.1, 0.15) is 39.5 Å². The number of hydrogen-bond donors (Lipinski definition) is 0. The Balaban J connectivity index is 2.74. The van der Waals surface area contributed by atoms with E-state index in [1.54, 1.807) is 18.2 Å². The van der Waals surface area contributed by atoms with Gasteiger partial charge in [-0.3, -0.25) is 4.28 Å². The van der Waals surface area contributed by atoms with E-state index in [1.807, 2.05) is 6.92 Å². The average molecular weight is 269 g/mol. The number of nitrogens with zero attached hydrogens (tertiary/aromatic N) is 1. The predicted molar refractivity (Wildman–Crippen MR) is 72.0 cm³/mol. The van der Waals surface area contributed by atoms with Gasteiger partial charge in [0.15, 0.2) is 0 Å². The molecule has 1 rings (SSSR count). The van der Waals surface area contributed by atoms with Gasteiger partial charge in [-0.2, -0.15) is 8.42 Å². The van der Waals surface area contributed by atoms with Crippen LogP contribution in [0.3, 0.4) is 0 Å². The minimum Gasteiger partial charge on any atom is -0.265 e. The van der Waals surface area contributed by atoms with E-state index in [9.17, 15) is 8.42 Å². The van der Waals surface area contributed by atoms with Crippen molar-refractivity contribution in [1.82, 2.24) is 0 Å². The molecule has 0 radical (unpaired) electrons. The van der Waals surface area contributed by atoms with Gasteiger partial charge in [0, 0.05) is 0 Å². The molecule has 0 bridgehead atoms. The van der Waals surface area contributed by atoms with Gasteiger partial charge in [0.05, 0.1) is 5.71 Å². The maximum atomic E-state index is 11.8. The third kappa shape index (κ3) is 4.49. The summed E-state index contributed by atoms with van der Waals surface area (Å²) in [7, 11) is -3.78. The van der Waals surface area contributed by atoms with Gasteiger partial charge in [0.2, 0.25) is 0 Å².